The number of hydrogen-bond donors (Lipinski definition) is 3. The van der Waals surface area contributed by atoms with E-state index in [-0.39, 0.29) is 32.2 Å². The number of ether oxygens (including phenoxy) is 3. The van der Waals surface area contributed by atoms with Crippen molar-refractivity contribution in [2.75, 3.05) is 6.54 Å². The molecule has 0 radical (unpaired) electrons. The van der Waals surface area contributed by atoms with Crippen molar-refractivity contribution < 1.29 is 33.4 Å². The first-order valence-corrected chi connectivity index (χ1v) is 14.7. The highest BCUT2D eigenvalue weighted by molar-refractivity contribution is 5.89. The molecule has 3 rings (SSSR count). The summed E-state index contributed by atoms with van der Waals surface area (Å²) in [4.78, 5) is 50.9. The Morgan fingerprint density at radius 2 is 1.09 bits per heavy atom. The second-order valence-electron chi connectivity index (χ2n) is 10.6. The lowest BCUT2D eigenvalue weighted by Gasteiger charge is -2.24. The molecule has 0 aromatic heterocycles. The van der Waals surface area contributed by atoms with Gasteiger partial charge in [-0.15, -0.1) is 0 Å². The van der Waals surface area contributed by atoms with Gasteiger partial charge in [0, 0.05) is 6.54 Å². The van der Waals surface area contributed by atoms with Crippen molar-refractivity contribution in [3.8, 4) is 0 Å². The second-order valence-corrected chi connectivity index (χ2v) is 10.6. The molecule has 44 heavy (non-hydrogen) atoms. The van der Waals surface area contributed by atoms with Gasteiger partial charge in [0.2, 0.25) is 5.91 Å². The number of rotatable bonds is 16. The lowest BCUT2D eigenvalue weighted by atomic mass is 10.0. The molecular weight excluding hydrogens is 562 g/mol. The molecule has 0 spiro atoms. The first-order valence-electron chi connectivity index (χ1n) is 14.7. The summed E-state index contributed by atoms with van der Waals surface area (Å²) in [6, 6.07) is 25.9. The molecule has 3 aromatic carbocycles. The predicted molar refractivity (Wildman–Crippen MR) is 165 cm³/mol. The molecule has 234 valence electrons. The van der Waals surface area contributed by atoms with Gasteiger partial charge in [-0.05, 0) is 41.9 Å². The number of alkyl carbamates (subject to hydrolysis) is 2. The van der Waals surface area contributed by atoms with Crippen LogP contribution in [0.5, 0.6) is 0 Å². The molecule has 3 N–H and O–H groups in total. The summed E-state index contributed by atoms with van der Waals surface area (Å²) in [5, 5.41) is 8.07. The lowest BCUT2D eigenvalue weighted by Crippen LogP contribution is -2.53. The Balaban J connectivity index is 1.52. The molecule has 0 aliphatic heterocycles. The Bertz CT molecular complexity index is 1300. The summed E-state index contributed by atoms with van der Waals surface area (Å²) in [6.45, 7) is 4.20. The van der Waals surface area contributed by atoms with E-state index < -0.39 is 36.1 Å². The molecule has 3 aromatic rings. The number of carbonyl (C=O) groups is 4. The molecule has 0 saturated heterocycles. The van der Waals surface area contributed by atoms with Crippen molar-refractivity contribution in [3.63, 3.8) is 0 Å². The quantitative estimate of drug-likeness (QED) is 0.116. The van der Waals surface area contributed by atoms with Crippen LogP contribution in [0.4, 0.5) is 9.59 Å². The van der Waals surface area contributed by atoms with Gasteiger partial charge in [0.1, 0.15) is 31.9 Å². The van der Waals surface area contributed by atoms with Gasteiger partial charge in [0.15, 0.2) is 0 Å². The Morgan fingerprint density at radius 1 is 0.614 bits per heavy atom. The summed E-state index contributed by atoms with van der Waals surface area (Å²) in [7, 11) is 0. The van der Waals surface area contributed by atoms with Crippen LogP contribution in [0.1, 0.15) is 49.8 Å². The standard InChI is InChI=1S/C34H41N3O7/c1-25(2)30(32(39)42-22-26-14-6-3-7-15-26)37-31(38)29(36-34(41)44-24-28-18-10-5-11-19-28)20-12-13-21-35-33(40)43-23-27-16-8-4-9-17-27/h3-11,14-19,25,29-30H,12-13,20-24H2,1-2H3,(H,35,40)(H,36,41)(H,37,38). The van der Waals surface area contributed by atoms with Crippen LogP contribution in [-0.2, 0) is 43.6 Å². The van der Waals surface area contributed by atoms with Crippen molar-refractivity contribution in [1.82, 2.24) is 16.0 Å². The Labute approximate surface area is 258 Å². The molecule has 10 nitrogen and oxygen atoms in total. The van der Waals surface area contributed by atoms with Gasteiger partial charge in [0.25, 0.3) is 0 Å². The minimum absolute atomic E-state index is 0.0382. The zero-order chi connectivity index (χ0) is 31.6. The number of nitrogens with one attached hydrogen (secondary N) is 3. The number of carbonyl (C=O) groups excluding carboxylic acids is 4. The van der Waals surface area contributed by atoms with Crippen LogP contribution in [0.2, 0.25) is 0 Å². The highest BCUT2D eigenvalue weighted by Crippen LogP contribution is 2.10. The fourth-order valence-corrected chi connectivity index (χ4v) is 4.18. The third-order valence-corrected chi connectivity index (χ3v) is 6.67. The van der Waals surface area contributed by atoms with E-state index in [0.717, 1.165) is 16.7 Å². The maximum absolute atomic E-state index is 13.4. The van der Waals surface area contributed by atoms with Crippen LogP contribution in [0.3, 0.4) is 0 Å². The van der Waals surface area contributed by atoms with E-state index in [0.29, 0.717) is 19.4 Å². The first kappa shape index (κ1) is 33.6. The summed E-state index contributed by atoms with van der Waals surface area (Å²) in [6.07, 6.45) is -0.0426. The molecular formula is C34H41N3O7. The third-order valence-electron chi connectivity index (χ3n) is 6.67. The average molecular weight is 604 g/mol. The molecule has 2 unspecified atom stereocenters. The van der Waals surface area contributed by atoms with Gasteiger partial charge in [-0.25, -0.2) is 14.4 Å². The van der Waals surface area contributed by atoms with Gasteiger partial charge in [-0.1, -0.05) is 105 Å². The fourth-order valence-electron chi connectivity index (χ4n) is 4.18. The number of amides is 3. The zero-order valence-corrected chi connectivity index (χ0v) is 25.2. The van der Waals surface area contributed by atoms with Crippen molar-refractivity contribution in [1.29, 1.82) is 0 Å². The maximum Gasteiger partial charge on any atom is 0.408 e. The second kappa shape index (κ2) is 18.6. The Morgan fingerprint density at radius 3 is 1.59 bits per heavy atom. The minimum Gasteiger partial charge on any atom is -0.459 e. The third kappa shape index (κ3) is 12.6. The molecule has 3 amide bonds. The molecule has 2 atom stereocenters. The van der Waals surface area contributed by atoms with E-state index in [1.165, 1.54) is 0 Å². The molecule has 10 heteroatoms. The van der Waals surface area contributed by atoms with Crippen molar-refractivity contribution >= 4 is 24.1 Å². The Kier molecular flexibility index (Phi) is 14.2. The lowest BCUT2D eigenvalue weighted by molar-refractivity contribution is -0.150. The van der Waals surface area contributed by atoms with Crippen LogP contribution in [0.25, 0.3) is 0 Å². The van der Waals surface area contributed by atoms with E-state index in [1.807, 2.05) is 91.0 Å². The molecule has 0 aliphatic rings. The first-order chi connectivity index (χ1) is 21.3. The maximum atomic E-state index is 13.4. The fraction of sp³-hybridized carbons (Fsp3) is 0.353. The highest BCUT2D eigenvalue weighted by Gasteiger charge is 2.30. The molecule has 0 aliphatic carbocycles. The SMILES string of the molecule is CC(C)C(NC(=O)C(CCCCNC(=O)OCc1ccccc1)NC(=O)OCc1ccccc1)C(=O)OCc1ccccc1. The summed E-state index contributed by atoms with van der Waals surface area (Å²) < 4.78 is 16.0. The molecule has 0 bridgehead atoms. The van der Waals surface area contributed by atoms with E-state index in [4.69, 9.17) is 14.2 Å². The molecule has 0 saturated carbocycles. The van der Waals surface area contributed by atoms with Gasteiger partial charge in [-0.3, -0.25) is 4.79 Å². The van der Waals surface area contributed by atoms with Crippen LogP contribution in [-0.4, -0.2) is 42.7 Å². The number of esters is 1. The molecule has 0 fully saturated rings. The smallest absolute Gasteiger partial charge is 0.408 e. The van der Waals surface area contributed by atoms with E-state index in [1.54, 1.807) is 13.8 Å². The van der Waals surface area contributed by atoms with Crippen molar-refractivity contribution in [2.24, 2.45) is 5.92 Å². The van der Waals surface area contributed by atoms with Crippen LogP contribution < -0.4 is 16.0 Å². The largest absolute Gasteiger partial charge is 0.459 e. The van der Waals surface area contributed by atoms with Crippen molar-refractivity contribution in [2.45, 2.75) is 65.0 Å². The average Bonchev–Trinajstić information content (AvgIpc) is 3.04. The van der Waals surface area contributed by atoms with Crippen LogP contribution >= 0.6 is 0 Å². The monoisotopic (exact) mass is 603 g/mol. The van der Waals surface area contributed by atoms with Crippen molar-refractivity contribution in [3.05, 3.63) is 108 Å². The number of unbranched alkanes of at least 4 members (excludes halogenated alkanes) is 1. The number of hydrogen-bond acceptors (Lipinski definition) is 7. The zero-order valence-electron chi connectivity index (χ0n) is 25.2. The van der Waals surface area contributed by atoms with Crippen LogP contribution in [0, 0.1) is 5.92 Å². The Hall–Kier alpha value is -4.86. The van der Waals surface area contributed by atoms with Gasteiger partial charge < -0.3 is 30.2 Å². The summed E-state index contributed by atoms with van der Waals surface area (Å²) >= 11 is 0. The van der Waals surface area contributed by atoms with Gasteiger partial charge in [-0.2, -0.15) is 0 Å². The topological polar surface area (TPSA) is 132 Å². The predicted octanol–water partition coefficient (Wildman–Crippen LogP) is 5.26. The summed E-state index contributed by atoms with van der Waals surface area (Å²) in [5.74, 6) is -1.37. The van der Waals surface area contributed by atoms with Gasteiger partial charge in [0.05, 0.1) is 0 Å². The highest BCUT2D eigenvalue weighted by atomic mass is 16.6. The van der Waals surface area contributed by atoms with E-state index in [2.05, 4.69) is 16.0 Å². The van der Waals surface area contributed by atoms with Crippen LogP contribution in [0.15, 0.2) is 91.0 Å². The van der Waals surface area contributed by atoms with E-state index in [9.17, 15) is 19.2 Å². The minimum atomic E-state index is -0.980. The van der Waals surface area contributed by atoms with Gasteiger partial charge >= 0.3 is 18.2 Å². The van der Waals surface area contributed by atoms with E-state index >= 15 is 0 Å². The molecule has 0 heterocycles. The summed E-state index contributed by atoms with van der Waals surface area (Å²) in [5.41, 5.74) is 2.51. The normalized spacial score (nSPS) is 12.0. The number of benzene rings is 3.